The first-order valence-corrected chi connectivity index (χ1v) is 6.17. The zero-order chi connectivity index (χ0) is 13.9. The topological polar surface area (TPSA) is 65.2 Å². The number of hydrogen-bond acceptors (Lipinski definition) is 4. The van der Waals surface area contributed by atoms with Gasteiger partial charge in [-0.05, 0) is 45.4 Å². The molecule has 0 aliphatic heterocycles. The Kier molecular flexibility index (Phi) is 4.71. The molecule has 0 fully saturated rings. The summed E-state index contributed by atoms with van der Waals surface area (Å²) in [5.41, 5.74) is 7.03. The summed E-state index contributed by atoms with van der Waals surface area (Å²) in [6.45, 7) is 7.30. The molecule has 0 amide bonds. The number of nitrogens with zero attached hydrogens (tertiary/aromatic N) is 1. The number of hydrogen-bond donors (Lipinski definition) is 1. The minimum atomic E-state index is -0.497. The van der Waals surface area contributed by atoms with Gasteiger partial charge in [-0.2, -0.15) is 0 Å². The quantitative estimate of drug-likeness (QED) is 0.677. The Morgan fingerprint density at radius 2 is 2.11 bits per heavy atom. The van der Waals surface area contributed by atoms with E-state index in [0.29, 0.717) is 5.15 Å². The first-order chi connectivity index (χ1) is 8.17. The normalized spacial score (nSPS) is 13.2. The number of rotatable bonds is 3. The molecule has 0 saturated heterocycles. The van der Waals surface area contributed by atoms with Gasteiger partial charge in [-0.1, -0.05) is 11.6 Å². The van der Waals surface area contributed by atoms with Gasteiger partial charge in [0.2, 0.25) is 0 Å². The van der Waals surface area contributed by atoms with Gasteiger partial charge < -0.3 is 10.5 Å². The third-order valence-corrected chi connectivity index (χ3v) is 2.37. The molecule has 2 N–H and O–H groups in total. The van der Waals surface area contributed by atoms with Crippen LogP contribution in [0.25, 0.3) is 0 Å². The van der Waals surface area contributed by atoms with Crippen molar-refractivity contribution in [1.82, 2.24) is 4.98 Å². The van der Waals surface area contributed by atoms with Crippen molar-refractivity contribution in [3.8, 4) is 0 Å². The second kappa shape index (κ2) is 5.67. The monoisotopic (exact) mass is 270 g/mol. The van der Waals surface area contributed by atoms with Crippen molar-refractivity contribution in [3.63, 3.8) is 0 Å². The van der Waals surface area contributed by atoms with E-state index in [1.807, 2.05) is 33.8 Å². The highest BCUT2D eigenvalue weighted by Gasteiger charge is 2.19. The molecule has 0 radical (unpaired) electrons. The summed E-state index contributed by atoms with van der Waals surface area (Å²) in [5, 5.41) is 0.379. The predicted molar refractivity (Wildman–Crippen MR) is 71.4 cm³/mol. The van der Waals surface area contributed by atoms with Crippen molar-refractivity contribution in [2.24, 2.45) is 5.73 Å². The zero-order valence-corrected chi connectivity index (χ0v) is 11.9. The van der Waals surface area contributed by atoms with Crippen LogP contribution in [-0.2, 0) is 9.53 Å². The summed E-state index contributed by atoms with van der Waals surface area (Å²) in [5.74, 6) is -0.319. The van der Waals surface area contributed by atoms with Crippen LogP contribution in [-0.4, -0.2) is 16.6 Å². The van der Waals surface area contributed by atoms with Gasteiger partial charge in [0.1, 0.15) is 10.8 Å². The molecule has 5 heteroatoms. The second-order valence-corrected chi connectivity index (χ2v) is 5.65. The van der Waals surface area contributed by atoms with Crippen molar-refractivity contribution in [3.05, 3.63) is 28.5 Å². The number of esters is 1. The molecule has 1 aromatic heterocycles. The summed E-state index contributed by atoms with van der Waals surface area (Å²) in [7, 11) is 0. The van der Waals surface area contributed by atoms with E-state index < -0.39 is 11.6 Å². The van der Waals surface area contributed by atoms with Crippen LogP contribution in [0.4, 0.5) is 0 Å². The van der Waals surface area contributed by atoms with Crippen LogP contribution in [0.1, 0.15) is 44.5 Å². The smallest absolute Gasteiger partial charge is 0.308 e. The average Bonchev–Trinajstić information content (AvgIpc) is 2.12. The lowest BCUT2D eigenvalue weighted by Crippen LogP contribution is -2.26. The summed E-state index contributed by atoms with van der Waals surface area (Å²) < 4.78 is 5.22. The minimum absolute atomic E-state index is 0.122. The molecular weight excluding hydrogens is 252 g/mol. The fraction of sp³-hybridized carbons (Fsp3) is 0.538. The van der Waals surface area contributed by atoms with Crippen molar-refractivity contribution in [1.29, 1.82) is 0 Å². The highest BCUT2D eigenvalue weighted by molar-refractivity contribution is 6.29. The van der Waals surface area contributed by atoms with Crippen molar-refractivity contribution < 1.29 is 9.53 Å². The largest absolute Gasteiger partial charge is 0.460 e. The lowest BCUT2D eigenvalue weighted by Gasteiger charge is -2.21. The molecule has 1 atom stereocenters. The van der Waals surface area contributed by atoms with Crippen molar-refractivity contribution in [2.75, 3.05) is 0 Å². The third-order valence-electron chi connectivity index (χ3n) is 2.18. The Bertz CT molecular complexity index is 421. The number of pyridine rings is 1. The van der Waals surface area contributed by atoms with Gasteiger partial charge in [-0.25, -0.2) is 4.98 Å². The summed E-state index contributed by atoms with van der Waals surface area (Å²) in [4.78, 5) is 15.7. The van der Waals surface area contributed by atoms with Crippen LogP contribution in [0, 0.1) is 6.92 Å². The molecule has 0 saturated carbocycles. The first kappa shape index (κ1) is 14.9. The maximum atomic E-state index is 11.7. The van der Waals surface area contributed by atoms with E-state index in [0.717, 1.165) is 11.3 Å². The summed E-state index contributed by atoms with van der Waals surface area (Å²) >= 11 is 5.85. The Morgan fingerprint density at radius 1 is 1.50 bits per heavy atom. The SMILES string of the molecule is Cc1cc(C(N)CC(=O)OC(C)(C)C)cc(Cl)n1. The van der Waals surface area contributed by atoms with Crippen LogP contribution in [0.15, 0.2) is 12.1 Å². The number of aryl methyl sites for hydroxylation is 1. The lowest BCUT2D eigenvalue weighted by molar-refractivity contribution is -0.155. The van der Waals surface area contributed by atoms with Gasteiger partial charge in [-0.15, -0.1) is 0 Å². The molecule has 0 aromatic carbocycles. The molecule has 1 aromatic rings. The number of carbonyl (C=O) groups is 1. The fourth-order valence-corrected chi connectivity index (χ4v) is 1.81. The van der Waals surface area contributed by atoms with Gasteiger partial charge >= 0.3 is 5.97 Å². The van der Waals surface area contributed by atoms with E-state index in [2.05, 4.69) is 4.98 Å². The van der Waals surface area contributed by atoms with E-state index in [4.69, 9.17) is 22.1 Å². The van der Waals surface area contributed by atoms with E-state index >= 15 is 0 Å². The molecule has 100 valence electrons. The number of nitrogens with two attached hydrogens (primary N) is 1. The van der Waals surface area contributed by atoms with E-state index in [1.54, 1.807) is 6.07 Å². The van der Waals surface area contributed by atoms with Crippen LogP contribution in [0.2, 0.25) is 5.15 Å². The molecule has 1 unspecified atom stereocenters. The van der Waals surface area contributed by atoms with E-state index in [-0.39, 0.29) is 12.4 Å². The average molecular weight is 271 g/mol. The molecule has 18 heavy (non-hydrogen) atoms. The van der Waals surface area contributed by atoms with Gasteiger partial charge in [0, 0.05) is 11.7 Å². The molecule has 4 nitrogen and oxygen atoms in total. The minimum Gasteiger partial charge on any atom is -0.460 e. The molecule has 0 aliphatic rings. The Morgan fingerprint density at radius 3 is 2.61 bits per heavy atom. The van der Waals surface area contributed by atoms with E-state index in [9.17, 15) is 4.79 Å². The maximum Gasteiger partial charge on any atom is 0.308 e. The van der Waals surface area contributed by atoms with Crippen LogP contribution in [0.3, 0.4) is 0 Å². The molecule has 1 heterocycles. The fourth-order valence-electron chi connectivity index (χ4n) is 1.55. The third kappa shape index (κ3) is 5.02. The summed E-state index contributed by atoms with van der Waals surface area (Å²) in [6.07, 6.45) is 0.122. The van der Waals surface area contributed by atoms with Crippen LogP contribution < -0.4 is 5.73 Å². The number of carbonyl (C=O) groups excluding carboxylic acids is 1. The Hall–Kier alpha value is -1.13. The van der Waals surface area contributed by atoms with Crippen LogP contribution >= 0.6 is 11.6 Å². The molecule has 0 spiro atoms. The Balaban J connectivity index is 2.70. The van der Waals surface area contributed by atoms with Crippen molar-refractivity contribution >= 4 is 17.6 Å². The van der Waals surface area contributed by atoms with Gasteiger partial charge in [0.05, 0.1) is 6.42 Å². The Labute approximate surface area is 112 Å². The number of aromatic nitrogens is 1. The molecule has 1 rings (SSSR count). The maximum absolute atomic E-state index is 11.7. The second-order valence-electron chi connectivity index (χ2n) is 5.26. The standard InChI is InChI=1S/C13H19ClN2O2/c1-8-5-9(6-11(14)16-8)10(15)7-12(17)18-13(2,3)4/h5-6,10H,7,15H2,1-4H3. The lowest BCUT2D eigenvalue weighted by atomic mass is 10.1. The van der Waals surface area contributed by atoms with Crippen molar-refractivity contribution in [2.45, 2.75) is 45.8 Å². The molecular formula is C13H19ClN2O2. The number of halogens is 1. The van der Waals surface area contributed by atoms with Gasteiger partial charge in [0.15, 0.2) is 0 Å². The number of ether oxygens (including phenoxy) is 1. The zero-order valence-electron chi connectivity index (χ0n) is 11.2. The highest BCUT2D eigenvalue weighted by Crippen LogP contribution is 2.20. The molecule has 0 aliphatic carbocycles. The van der Waals surface area contributed by atoms with Crippen LogP contribution in [0.5, 0.6) is 0 Å². The molecule has 0 bridgehead atoms. The van der Waals surface area contributed by atoms with Gasteiger partial charge in [-0.3, -0.25) is 4.79 Å². The summed E-state index contributed by atoms with van der Waals surface area (Å²) in [6, 6.07) is 3.06. The van der Waals surface area contributed by atoms with Gasteiger partial charge in [0.25, 0.3) is 0 Å². The van der Waals surface area contributed by atoms with E-state index in [1.165, 1.54) is 0 Å². The predicted octanol–water partition coefficient (Wildman–Crippen LogP) is 2.78. The highest BCUT2D eigenvalue weighted by atomic mass is 35.5. The first-order valence-electron chi connectivity index (χ1n) is 5.79.